The molecular weight excluding hydrogens is 600 g/mol. The van der Waals surface area contributed by atoms with Crippen LogP contribution < -0.4 is 20.7 Å². The van der Waals surface area contributed by atoms with Gasteiger partial charge in [0.25, 0.3) is 0 Å². The van der Waals surface area contributed by atoms with E-state index in [1.165, 1.54) is 12.1 Å². The topological polar surface area (TPSA) is 107 Å². The Kier molecular flexibility index (Phi) is 10.7. The molecule has 0 N–H and O–H groups in total. The molecule has 0 bridgehead atoms. The average molecular weight is 635 g/mol. The summed E-state index contributed by atoms with van der Waals surface area (Å²) in [5, 5.41) is 1.68. The zero-order valence-electron chi connectivity index (χ0n) is 25.7. The summed E-state index contributed by atoms with van der Waals surface area (Å²) in [6.07, 6.45) is 0. The highest BCUT2D eigenvalue weighted by Crippen LogP contribution is 2.31. The second-order valence-corrected chi connectivity index (χ2v) is 10.5. The Labute approximate surface area is 270 Å². The lowest BCUT2D eigenvalue weighted by molar-refractivity contribution is 0.00499. The quantitative estimate of drug-likeness (QED) is 0.0845. The highest BCUT2D eigenvalue weighted by molar-refractivity contribution is 5.94. The molecule has 240 valence electrons. The van der Waals surface area contributed by atoms with Crippen molar-refractivity contribution in [2.24, 2.45) is 0 Å². The minimum Gasteiger partial charge on any atom is -0.491 e. The molecule has 0 amide bonds. The smallest absolute Gasteiger partial charge is 0.336 e. The van der Waals surface area contributed by atoms with Crippen molar-refractivity contribution >= 4 is 21.9 Å². The minimum atomic E-state index is -0.410. The molecule has 6 aromatic rings. The highest BCUT2D eigenvalue weighted by atomic mass is 16.6. The summed E-state index contributed by atoms with van der Waals surface area (Å²) < 4.78 is 39.2. The average Bonchev–Trinajstić information content (AvgIpc) is 3.10. The first kappa shape index (κ1) is 31.7. The summed E-state index contributed by atoms with van der Waals surface area (Å²) in [5.74, 6) is 1.19. The van der Waals surface area contributed by atoms with Crippen molar-refractivity contribution in [2.45, 2.75) is 0 Å². The van der Waals surface area contributed by atoms with E-state index in [-0.39, 0.29) is 0 Å². The lowest BCUT2D eigenvalue weighted by atomic mass is 10.0. The van der Waals surface area contributed by atoms with Gasteiger partial charge in [-0.25, -0.2) is 9.59 Å². The maximum atomic E-state index is 12.1. The largest absolute Gasteiger partial charge is 0.491 e. The third kappa shape index (κ3) is 8.53. The van der Waals surface area contributed by atoms with Gasteiger partial charge in [0, 0.05) is 35.0 Å². The Morgan fingerprint density at radius 1 is 0.426 bits per heavy atom. The van der Waals surface area contributed by atoms with Gasteiger partial charge in [0.15, 0.2) is 0 Å². The van der Waals surface area contributed by atoms with E-state index >= 15 is 0 Å². The molecule has 6 rings (SSSR count). The lowest BCUT2D eigenvalue weighted by Gasteiger charge is -2.10. The molecule has 2 heterocycles. The van der Waals surface area contributed by atoms with E-state index in [4.69, 9.17) is 32.5 Å². The molecule has 0 saturated heterocycles. The van der Waals surface area contributed by atoms with E-state index in [2.05, 4.69) is 0 Å². The van der Waals surface area contributed by atoms with Crippen LogP contribution in [-0.2, 0) is 14.2 Å². The molecule has 9 nitrogen and oxygen atoms in total. The van der Waals surface area contributed by atoms with Crippen molar-refractivity contribution in [1.82, 2.24) is 0 Å². The second kappa shape index (κ2) is 15.9. The van der Waals surface area contributed by atoms with Gasteiger partial charge in [-0.2, -0.15) is 0 Å². The fourth-order valence-electron chi connectivity index (χ4n) is 5.16. The maximum Gasteiger partial charge on any atom is 0.336 e. The molecule has 0 fully saturated rings. The Morgan fingerprint density at radius 3 is 1.21 bits per heavy atom. The van der Waals surface area contributed by atoms with Crippen LogP contribution in [0, 0.1) is 0 Å². The van der Waals surface area contributed by atoms with E-state index < -0.39 is 11.3 Å². The van der Waals surface area contributed by atoms with E-state index in [0.29, 0.717) is 75.5 Å². The van der Waals surface area contributed by atoms with Crippen LogP contribution in [0.5, 0.6) is 11.5 Å². The second-order valence-electron chi connectivity index (χ2n) is 10.5. The van der Waals surface area contributed by atoms with Crippen molar-refractivity contribution in [3.8, 4) is 33.8 Å². The zero-order chi connectivity index (χ0) is 32.3. The Hall–Kier alpha value is -5.22. The van der Waals surface area contributed by atoms with Crippen molar-refractivity contribution in [3.05, 3.63) is 130 Å². The summed E-state index contributed by atoms with van der Waals surface area (Å²) in [6.45, 7) is 3.15. The molecule has 0 aliphatic rings. The van der Waals surface area contributed by atoms with Gasteiger partial charge in [0.1, 0.15) is 35.9 Å². The number of rotatable bonds is 16. The van der Waals surface area contributed by atoms with Crippen molar-refractivity contribution < 1.29 is 32.5 Å². The summed E-state index contributed by atoms with van der Waals surface area (Å²) >= 11 is 0. The molecule has 0 unspecified atom stereocenters. The zero-order valence-corrected chi connectivity index (χ0v) is 25.7. The monoisotopic (exact) mass is 634 g/mol. The maximum absolute atomic E-state index is 12.1. The normalized spacial score (nSPS) is 11.2. The van der Waals surface area contributed by atoms with Crippen LogP contribution in [0.1, 0.15) is 0 Å². The summed E-state index contributed by atoms with van der Waals surface area (Å²) in [5.41, 5.74) is 3.66. The minimum absolute atomic E-state index is 0.342. The van der Waals surface area contributed by atoms with Gasteiger partial charge < -0.3 is 32.5 Å². The molecule has 4 aromatic carbocycles. The van der Waals surface area contributed by atoms with Crippen molar-refractivity contribution in [1.29, 1.82) is 0 Å². The first-order chi connectivity index (χ1) is 23.1. The molecule has 0 saturated carbocycles. The van der Waals surface area contributed by atoms with Crippen LogP contribution in [0.3, 0.4) is 0 Å². The third-order valence-electron chi connectivity index (χ3n) is 7.34. The standard InChI is InChI=1S/C38H34O9/c39-37-25-33(27-7-3-1-4-8-27)31-13-11-29(23-35(31)46-37)44-21-19-42-17-15-41-16-18-43-20-22-45-30-12-14-32-34(28-9-5-2-6-10-28)26-38(40)47-36(32)24-30/h1-14,23-26H,15-22H2. The number of hydrogen-bond acceptors (Lipinski definition) is 9. The van der Waals surface area contributed by atoms with Crippen molar-refractivity contribution in [3.63, 3.8) is 0 Å². The molecule has 47 heavy (non-hydrogen) atoms. The number of fused-ring (bicyclic) bond motifs is 2. The van der Waals surface area contributed by atoms with E-state index in [1.807, 2.05) is 84.9 Å². The molecular formula is C38H34O9. The van der Waals surface area contributed by atoms with Gasteiger partial charge in [0.05, 0.1) is 39.6 Å². The third-order valence-corrected chi connectivity index (χ3v) is 7.34. The molecule has 0 radical (unpaired) electrons. The van der Waals surface area contributed by atoms with Crippen LogP contribution in [0.15, 0.2) is 128 Å². The van der Waals surface area contributed by atoms with E-state index in [1.54, 1.807) is 12.1 Å². The Bertz CT molecular complexity index is 1870. The predicted molar refractivity (Wildman–Crippen MR) is 179 cm³/mol. The van der Waals surface area contributed by atoms with Crippen LogP contribution in [0.25, 0.3) is 44.2 Å². The van der Waals surface area contributed by atoms with Crippen LogP contribution >= 0.6 is 0 Å². The van der Waals surface area contributed by atoms with Crippen LogP contribution in [0.2, 0.25) is 0 Å². The molecule has 0 spiro atoms. The van der Waals surface area contributed by atoms with Crippen LogP contribution in [0.4, 0.5) is 0 Å². The number of benzene rings is 4. The first-order valence-electron chi connectivity index (χ1n) is 15.4. The summed E-state index contributed by atoms with van der Waals surface area (Å²) in [7, 11) is 0. The lowest BCUT2D eigenvalue weighted by Crippen LogP contribution is -2.14. The SMILES string of the molecule is O=c1cc(-c2ccccc2)c2ccc(OCCOCCOCCOCCOc3ccc4c(-c5ccccc5)cc(=O)oc4c3)cc2o1. The predicted octanol–water partition coefficient (Wildman–Crippen LogP) is 6.74. The Morgan fingerprint density at radius 2 is 0.809 bits per heavy atom. The molecule has 0 aliphatic carbocycles. The van der Waals surface area contributed by atoms with Gasteiger partial charge in [-0.05, 0) is 46.5 Å². The van der Waals surface area contributed by atoms with Crippen LogP contribution in [-0.4, -0.2) is 52.9 Å². The number of hydrogen-bond donors (Lipinski definition) is 0. The van der Waals surface area contributed by atoms with Gasteiger partial charge in [-0.3, -0.25) is 0 Å². The molecule has 0 atom stereocenters. The summed E-state index contributed by atoms with van der Waals surface area (Å²) in [6, 6.07) is 33.4. The molecule has 9 heteroatoms. The van der Waals surface area contributed by atoms with Gasteiger partial charge in [-0.1, -0.05) is 60.7 Å². The Balaban J connectivity index is 0.837. The van der Waals surface area contributed by atoms with Crippen molar-refractivity contribution in [2.75, 3.05) is 52.9 Å². The molecule has 2 aromatic heterocycles. The van der Waals surface area contributed by atoms with Gasteiger partial charge in [0.2, 0.25) is 0 Å². The fourth-order valence-corrected chi connectivity index (χ4v) is 5.16. The van der Waals surface area contributed by atoms with E-state index in [0.717, 1.165) is 33.0 Å². The fraction of sp³-hybridized carbons (Fsp3) is 0.211. The molecule has 0 aliphatic heterocycles. The van der Waals surface area contributed by atoms with Gasteiger partial charge >= 0.3 is 11.3 Å². The highest BCUT2D eigenvalue weighted by Gasteiger charge is 2.10. The van der Waals surface area contributed by atoms with E-state index in [9.17, 15) is 9.59 Å². The van der Waals surface area contributed by atoms with Gasteiger partial charge in [-0.15, -0.1) is 0 Å². The number of ether oxygens (including phenoxy) is 5. The summed E-state index contributed by atoms with van der Waals surface area (Å²) in [4.78, 5) is 24.3. The first-order valence-corrected chi connectivity index (χ1v) is 15.4.